The first-order valence-electron chi connectivity index (χ1n) is 6.22. The molecule has 0 radical (unpaired) electrons. The number of nitrogens with one attached hydrogen (secondary N) is 1. The summed E-state index contributed by atoms with van der Waals surface area (Å²) in [7, 11) is 0. The number of hydrogen-bond acceptors (Lipinski definition) is 3. The van der Waals surface area contributed by atoms with Crippen LogP contribution in [0.25, 0.3) is 0 Å². The second kappa shape index (κ2) is 6.50. The Morgan fingerprint density at radius 3 is 2.58 bits per heavy atom. The van der Waals surface area contributed by atoms with Crippen LogP contribution in [0, 0.1) is 0 Å². The van der Waals surface area contributed by atoms with Crippen molar-refractivity contribution < 1.29 is 9.90 Å². The van der Waals surface area contributed by atoms with Gasteiger partial charge in [0.15, 0.2) is 0 Å². The lowest BCUT2D eigenvalue weighted by atomic mass is 10.0. The van der Waals surface area contributed by atoms with E-state index in [1.165, 1.54) is 6.92 Å². The molecule has 3 nitrogen and oxygen atoms in total. The molecule has 0 aliphatic heterocycles. The van der Waals surface area contributed by atoms with Crippen molar-refractivity contribution in [3.05, 3.63) is 58.3 Å². The predicted octanol–water partition coefficient (Wildman–Crippen LogP) is 2.53. The van der Waals surface area contributed by atoms with Gasteiger partial charge in [-0.3, -0.25) is 4.79 Å². The Morgan fingerprint density at radius 1 is 1.26 bits per heavy atom. The van der Waals surface area contributed by atoms with Gasteiger partial charge in [-0.25, -0.2) is 0 Å². The topological polar surface area (TPSA) is 49.3 Å². The van der Waals surface area contributed by atoms with Gasteiger partial charge in [-0.15, -0.1) is 11.3 Å². The molecule has 2 N–H and O–H groups in total. The van der Waals surface area contributed by atoms with Crippen LogP contribution in [-0.4, -0.2) is 17.1 Å². The zero-order valence-electron chi connectivity index (χ0n) is 10.7. The molecule has 1 heterocycles. The highest BCUT2D eigenvalue weighted by molar-refractivity contribution is 7.10. The Balaban J connectivity index is 2.13. The fourth-order valence-electron chi connectivity index (χ4n) is 1.85. The number of rotatable bonds is 5. The summed E-state index contributed by atoms with van der Waals surface area (Å²) in [4.78, 5) is 12.8. The Labute approximate surface area is 116 Å². The van der Waals surface area contributed by atoms with Gasteiger partial charge in [0, 0.05) is 4.88 Å². The summed E-state index contributed by atoms with van der Waals surface area (Å²) in [5.41, 5.74) is 1.16. The van der Waals surface area contributed by atoms with Crippen LogP contribution < -0.4 is 5.32 Å². The average molecular weight is 275 g/mol. The van der Waals surface area contributed by atoms with Gasteiger partial charge in [0.05, 0.1) is 6.04 Å². The zero-order valence-corrected chi connectivity index (χ0v) is 11.6. The summed E-state index contributed by atoms with van der Waals surface area (Å²) in [5.74, 6) is -0.339. The molecular weight excluding hydrogens is 258 g/mol. The standard InChI is InChI=1S/C15H17NO2S/c1-11(17)15(18)16-13(14-8-5-9-19-14)10-12-6-3-2-4-7-12/h2-9,11,13,17H,10H2,1H3,(H,16,18). The second-order valence-corrected chi connectivity index (χ2v) is 5.42. The normalized spacial score (nSPS) is 13.8. The minimum absolute atomic E-state index is 0.0931. The average Bonchev–Trinajstić information content (AvgIpc) is 2.92. The van der Waals surface area contributed by atoms with E-state index >= 15 is 0 Å². The van der Waals surface area contributed by atoms with Crippen LogP contribution >= 0.6 is 11.3 Å². The second-order valence-electron chi connectivity index (χ2n) is 4.44. The Bertz CT molecular complexity index is 508. The lowest BCUT2D eigenvalue weighted by Gasteiger charge is -2.18. The van der Waals surface area contributed by atoms with Crippen molar-refractivity contribution in [2.75, 3.05) is 0 Å². The minimum atomic E-state index is -0.988. The van der Waals surface area contributed by atoms with Gasteiger partial charge in [0.2, 0.25) is 5.91 Å². The Hall–Kier alpha value is -1.65. The maximum absolute atomic E-state index is 11.7. The van der Waals surface area contributed by atoms with Crippen LogP contribution in [0.5, 0.6) is 0 Å². The molecule has 0 bridgehead atoms. The van der Waals surface area contributed by atoms with Crippen molar-refractivity contribution in [2.24, 2.45) is 0 Å². The van der Waals surface area contributed by atoms with E-state index < -0.39 is 6.10 Å². The van der Waals surface area contributed by atoms with Crippen LogP contribution in [0.15, 0.2) is 47.8 Å². The smallest absolute Gasteiger partial charge is 0.249 e. The lowest BCUT2D eigenvalue weighted by Crippen LogP contribution is -2.36. The number of benzene rings is 1. The molecule has 1 aromatic carbocycles. The molecule has 1 amide bonds. The Morgan fingerprint density at radius 2 is 2.00 bits per heavy atom. The van der Waals surface area contributed by atoms with E-state index in [0.717, 1.165) is 16.9 Å². The summed E-state index contributed by atoms with van der Waals surface area (Å²) < 4.78 is 0. The summed E-state index contributed by atoms with van der Waals surface area (Å²) in [6.07, 6.45) is -0.266. The number of carbonyl (C=O) groups is 1. The monoisotopic (exact) mass is 275 g/mol. The summed E-state index contributed by atoms with van der Waals surface area (Å²) in [6.45, 7) is 1.48. The van der Waals surface area contributed by atoms with E-state index in [1.54, 1.807) is 11.3 Å². The van der Waals surface area contributed by atoms with Crippen molar-refractivity contribution in [1.82, 2.24) is 5.32 Å². The maximum atomic E-state index is 11.7. The molecule has 2 rings (SSSR count). The molecule has 4 heteroatoms. The molecule has 2 aromatic rings. The van der Waals surface area contributed by atoms with Gasteiger partial charge in [-0.2, -0.15) is 0 Å². The van der Waals surface area contributed by atoms with Crippen molar-refractivity contribution in [3.63, 3.8) is 0 Å². The molecular formula is C15H17NO2S. The zero-order chi connectivity index (χ0) is 13.7. The third-order valence-corrected chi connectivity index (χ3v) is 3.85. The first-order chi connectivity index (χ1) is 9.16. The highest BCUT2D eigenvalue weighted by atomic mass is 32.1. The van der Waals surface area contributed by atoms with Crippen molar-refractivity contribution in [2.45, 2.75) is 25.5 Å². The molecule has 100 valence electrons. The van der Waals surface area contributed by atoms with Crippen LogP contribution in [0.2, 0.25) is 0 Å². The van der Waals surface area contributed by atoms with E-state index in [9.17, 15) is 9.90 Å². The molecule has 0 saturated carbocycles. The quantitative estimate of drug-likeness (QED) is 0.881. The van der Waals surface area contributed by atoms with Crippen molar-refractivity contribution in [1.29, 1.82) is 0 Å². The SMILES string of the molecule is CC(O)C(=O)NC(Cc1ccccc1)c1cccs1. The number of thiophene rings is 1. The van der Waals surface area contributed by atoms with Crippen LogP contribution in [0.4, 0.5) is 0 Å². The highest BCUT2D eigenvalue weighted by Gasteiger charge is 2.18. The number of aliphatic hydroxyl groups excluding tert-OH is 1. The van der Waals surface area contributed by atoms with Gasteiger partial charge < -0.3 is 10.4 Å². The molecule has 0 spiro atoms. The van der Waals surface area contributed by atoms with E-state index in [1.807, 2.05) is 47.8 Å². The van der Waals surface area contributed by atoms with Gasteiger partial charge in [0.25, 0.3) is 0 Å². The Kier molecular flexibility index (Phi) is 4.71. The fraction of sp³-hybridized carbons (Fsp3) is 0.267. The van der Waals surface area contributed by atoms with E-state index in [2.05, 4.69) is 5.32 Å². The third kappa shape index (κ3) is 3.91. The number of hydrogen-bond donors (Lipinski definition) is 2. The predicted molar refractivity (Wildman–Crippen MR) is 77.0 cm³/mol. The minimum Gasteiger partial charge on any atom is -0.384 e. The first-order valence-corrected chi connectivity index (χ1v) is 7.10. The van der Waals surface area contributed by atoms with Crippen LogP contribution in [-0.2, 0) is 11.2 Å². The fourth-order valence-corrected chi connectivity index (χ4v) is 2.63. The first kappa shape index (κ1) is 13.8. The summed E-state index contributed by atoms with van der Waals surface area (Å²) in [5, 5.41) is 14.2. The molecule has 19 heavy (non-hydrogen) atoms. The number of aliphatic hydroxyl groups is 1. The number of amides is 1. The van der Waals surface area contributed by atoms with Crippen LogP contribution in [0.3, 0.4) is 0 Å². The number of carbonyl (C=O) groups excluding carboxylic acids is 1. The van der Waals surface area contributed by atoms with Gasteiger partial charge in [0.1, 0.15) is 6.10 Å². The van der Waals surface area contributed by atoms with E-state index in [-0.39, 0.29) is 11.9 Å². The van der Waals surface area contributed by atoms with E-state index in [4.69, 9.17) is 0 Å². The largest absolute Gasteiger partial charge is 0.384 e. The van der Waals surface area contributed by atoms with Crippen molar-refractivity contribution >= 4 is 17.2 Å². The molecule has 1 aromatic heterocycles. The summed E-state index contributed by atoms with van der Waals surface area (Å²) >= 11 is 1.61. The lowest BCUT2D eigenvalue weighted by molar-refractivity contribution is -0.129. The maximum Gasteiger partial charge on any atom is 0.249 e. The van der Waals surface area contributed by atoms with Gasteiger partial charge in [-0.1, -0.05) is 36.4 Å². The third-order valence-electron chi connectivity index (χ3n) is 2.87. The molecule has 2 atom stereocenters. The molecule has 2 unspecified atom stereocenters. The van der Waals surface area contributed by atoms with Gasteiger partial charge >= 0.3 is 0 Å². The molecule has 0 aliphatic rings. The highest BCUT2D eigenvalue weighted by Crippen LogP contribution is 2.23. The molecule has 0 aliphatic carbocycles. The van der Waals surface area contributed by atoms with E-state index in [0.29, 0.717) is 0 Å². The van der Waals surface area contributed by atoms with Gasteiger partial charge in [-0.05, 0) is 30.4 Å². The molecule has 0 saturated heterocycles. The van der Waals surface area contributed by atoms with Crippen molar-refractivity contribution in [3.8, 4) is 0 Å². The van der Waals surface area contributed by atoms with Crippen LogP contribution in [0.1, 0.15) is 23.4 Å². The summed E-state index contributed by atoms with van der Waals surface area (Å²) in [6, 6.07) is 13.9. The molecule has 0 fully saturated rings.